The first kappa shape index (κ1) is 25.2. The van der Waals surface area contributed by atoms with Gasteiger partial charge in [0, 0.05) is 29.7 Å². The lowest BCUT2D eigenvalue weighted by Gasteiger charge is -2.19. The molecule has 0 spiro atoms. The van der Waals surface area contributed by atoms with Crippen LogP contribution in [0.1, 0.15) is 51.8 Å². The van der Waals surface area contributed by atoms with E-state index >= 15 is 0 Å². The van der Waals surface area contributed by atoms with E-state index in [0.29, 0.717) is 24.3 Å². The average Bonchev–Trinajstić information content (AvgIpc) is 3.63. The Morgan fingerprint density at radius 2 is 1.89 bits per heavy atom. The average molecular weight is 518 g/mol. The number of alkyl halides is 3. The van der Waals surface area contributed by atoms with E-state index < -0.39 is 23.9 Å². The summed E-state index contributed by atoms with van der Waals surface area (Å²) >= 11 is 0. The van der Waals surface area contributed by atoms with Gasteiger partial charge in [0.25, 0.3) is 5.91 Å². The number of aromatic nitrogens is 3. The minimum atomic E-state index is -4.76. The summed E-state index contributed by atoms with van der Waals surface area (Å²) in [5, 5.41) is 15.5. The van der Waals surface area contributed by atoms with E-state index in [1.54, 1.807) is 30.6 Å². The Kier molecular flexibility index (Phi) is 6.94. The van der Waals surface area contributed by atoms with E-state index in [2.05, 4.69) is 15.4 Å². The second-order valence-electron chi connectivity index (χ2n) is 9.01. The van der Waals surface area contributed by atoms with E-state index in [4.69, 9.17) is 4.74 Å². The van der Waals surface area contributed by atoms with Gasteiger partial charge in [0.2, 0.25) is 0 Å². The molecule has 1 aliphatic rings. The highest BCUT2D eigenvalue weighted by Gasteiger charge is 2.36. The number of nitrogens with one attached hydrogen (secondary N) is 1. The van der Waals surface area contributed by atoms with Gasteiger partial charge in [-0.1, -0.05) is 24.3 Å². The van der Waals surface area contributed by atoms with E-state index in [0.717, 1.165) is 28.7 Å². The van der Waals surface area contributed by atoms with Gasteiger partial charge >= 0.3 is 6.18 Å². The third kappa shape index (κ3) is 5.74. The van der Waals surface area contributed by atoms with Gasteiger partial charge in [-0.05, 0) is 60.7 Å². The molecule has 1 unspecified atom stereocenters. The first-order valence-electron chi connectivity index (χ1n) is 11.9. The van der Waals surface area contributed by atoms with E-state index in [1.165, 1.54) is 24.3 Å². The summed E-state index contributed by atoms with van der Waals surface area (Å²) in [5.41, 5.74) is 0.824. The number of hydrogen-bond acceptors (Lipinski definition) is 5. The van der Waals surface area contributed by atoms with Gasteiger partial charge in [0.05, 0.1) is 23.9 Å². The van der Waals surface area contributed by atoms with E-state index in [9.17, 15) is 23.2 Å². The van der Waals surface area contributed by atoms with Crippen LogP contribution in [0.2, 0.25) is 0 Å². The lowest BCUT2D eigenvalue weighted by molar-refractivity contribution is -0.141. The Hall–Kier alpha value is -4.49. The number of halogens is 3. The fourth-order valence-corrected chi connectivity index (χ4v) is 3.99. The molecule has 2 aromatic heterocycles. The second-order valence-corrected chi connectivity index (χ2v) is 9.01. The number of hydrogen-bond donors (Lipinski definition) is 1. The van der Waals surface area contributed by atoms with Crippen molar-refractivity contribution in [1.82, 2.24) is 14.8 Å². The van der Waals surface area contributed by atoms with Crippen molar-refractivity contribution in [2.45, 2.75) is 25.1 Å². The predicted molar refractivity (Wildman–Crippen MR) is 132 cm³/mol. The summed E-state index contributed by atoms with van der Waals surface area (Å²) < 4.78 is 47.6. The molecule has 2 aromatic carbocycles. The highest BCUT2D eigenvalue weighted by Crippen LogP contribution is 2.34. The van der Waals surface area contributed by atoms with Gasteiger partial charge in [0.15, 0.2) is 5.69 Å². The summed E-state index contributed by atoms with van der Waals surface area (Å²) in [6.45, 7) is 0.595. The van der Waals surface area contributed by atoms with Gasteiger partial charge in [0.1, 0.15) is 11.8 Å². The van der Waals surface area contributed by atoms with Gasteiger partial charge in [-0.3, -0.25) is 9.78 Å². The van der Waals surface area contributed by atoms with Crippen molar-refractivity contribution in [1.29, 1.82) is 5.26 Å². The molecule has 38 heavy (non-hydrogen) atoms. The summed E-state index contributed by atoms with van der Waals surface area (Å²) in [6, 6.07) is 19.2. The Labute approximate surface area is 216 Å². The molecule has 0 saturated heterocycles. The summed E-state index contributed by atoms with van der Waals surface area (Å²) in [5.74, 6) is -0.260. The van der Waals surface area contributed by atoms with Crippen molar-refractivity contribution in [2.75, 3.05) is 11.9 Å². The van der Waals surface area contributed by atoms with Crippen molar-refractivity contribution >= 4 is 11.6 Å². The van der Waals surface area contributed by atoms with Crippen molar-refractivity contribution in [3.05, 3.63) is 107 Å². The van der Waals surface area contributed by atoms with Crippen LogP contribution < -0.4 is 5.32 Å². The minimum Gasteiger partial charge on any atom is -0.368 e. The van der Waals surface area contributed by atoms with Crippen LogP contribution >= 0.6 is 0 Å². The number of anilines is 1. The lowest BCUT2D eigenvalue weighted by atomic mass is 10.0. The molecule has 4 aromatic rings. The fraction of sp³-hybridized carbons (Fsp3) is 0.214. The monoisotopic (exact) mass is 517 g/mol. The van der Waals surface area contributed by atoms with Crippen LogP contribution in [0, 0.1) is 17.2 Å². The van der Waals surface area contributed by atoms with Gasteiger partial charge in [-0.2, -0.15) is 23.5 Å². The molecular weight excluding hydrogens is 495 g/mol. The normalized spacial score (nSPS) is 14.1. The molecule has 1 aliphatic carbocycles. The minimum absolute atomic E-state index is 0.156. The fourth-order valence-electron chi connectivity index (χ4n) is 3.99. The zero-order valence-electron chi connectivity index (χ0n) is 20.0. The van der Waals surface area contributed by atoms with Crippen molar-refractivity contribution in [3.63, 3.8) is 0 Å². The Morgan fingerprint density at radius 1 is 1.11 bits per heavy atom. The van der Waals surface area contributed by atoms with Crippen LogP contribution in [0.4, 0.5) is 18.9 Å². The summed E-state index contributed by atoms with van der Waals surface area (Å²) in [4.78, 5) is 17.4. The number of ether oxygens (including phenoxy) is 1. The zero-order chi connectivity index (χ0) is 26.7. The molecule has 2 heterocycles. The molecule has 1 amide bonds. The predicted octanol–water partition coefficient (Wildman–Crippen LogP) is 5.93. The molecule has 0 aliphatic heterocycles. The van der Waals surface area contributed by atoms with Crippen LogP contribution in [0.25, 0.3) is 5.69 Å². The zero-order valence-corrected chi connectivity index (χ0v) is 20.0. The summed E-state index contributed by atoms with van der Waals surface area (Å²) in [6.07, 6.45) is 0.458. The maximum atomic E-state index is 13.5. The SMILES string of the molecule is N#Cc1cccc(-n2nc(C(F)(F)F)cc2C(=O)Nc2cccc(C(OCC3CC3)c3cccnc3)c2)c1. The molecule has 1 N–H and O–H groups in total. The highest BCUT2D eigenvalue weighted by atomic mass is 19.4. The number of benzene rings is 2. The number of carbonyl (C=O) groups is 1. The van der Waals surface area contributed by atoms with Gasteiger partial charge < -0.3 is 10.1 Å². The maximum absolute atomic E-state index is 13.5. The molecule has 0 radical (unpaired) electrons. The Morgan fingerprint density at radius 3 is 2.61 bits per heavy atom. The molecule has 1 fully saturated rings. The van der Waals surface area contributed by atoms with E-state index in [-0.39, 0.29) is 16.9 Å². The van der Waals surface area contributed by atoms with Gasteiger partial charge in [-0.15, -0.1) is 0 Å². The number of amides is 1. The van der Waals surface area contributed by atoms with Crippen LogP contribution in [0.5, 0.6) is 0 Å². The Balaban J connectivity index is 1.45. The number of carbonyl (C=O) groups excluding carboxylic acids is 1. The van der Waals surface area contributed by atoms with Crippen molar-refractivity contribution in [2.24, 2.45) is 5.92 Å². The lowest BCUT2D eigenvalue weighted by Crippen LogP contribution is -2.17. The third-order valence-electron chi connectivity index (χ3n) is 6.08. The number of nitrogens with zero attached hydrogens (tertiary/aromatic N) is 4. The largest absolute Gasteiger partial charge is 0.435 e. The molecule has 7 nitrogen and oxygen atoms in total. The molecular formula is C28H22F3N5O2. The first-order valence-corrected chi connectivity index (χ1v) is 11.9. The van der Waals surface area contributed by atoms with Crippen molar-refractivity contribution < 1.29 is 22.7 Å². The molecule has 0 bridgehead atoms. The Bertz CT molecular complexity index is 1490. The quantitative estimate of drug-likeness (QED) is 0.313. The number of rotatable bonds is 8. The summed E-state index contributed by atoms with van der Waals surface area (Å²) in [7, 11) is 0. The van der Waals surface area contributed by atoms with Crippen molar-refractivity contribution in [3.8, 4) is 11.8 Å². The first-order chi connectivity index (χ1) is 18.3. The third-order valence-corrected chi connectivity index (χ3v) is 6.08. The van der Waals surface area contributed by atoms with Crippen LogP contribution in [0.3, 0.4) is 0 Å². The molecule has 10 heteroatoms. The standard InChI is InChI=1S/C28H22F3N5O2/c29-28(30,31)25-14-24(36(35-25)23-8-1-4-19(12-23)15-32)27(37)34-22-7-2-5-20(13-22)26(38-17-18-9-10-18)21-6-3-11-33-16-21/h1-8,11-14,16,18,26H,9-10,17H2,(H,34,37). The molecule has 5 rings (SSSR count). The highest BCUT2D eigenvalue weighted by molar-refractivity contribution is 6.03. The molecule has 192 valence electrons. The van der Waals surface area contributed by atoms with Crippen LogP contribution in [-0.2, 0) is 10.9 Å². The molecule has 1 saturated carbocycles. The maximum Gasteiger partial charge on any atom is 0.435 e. The second kappa shape index (κ2) is 10.5. The molecule has 1 atom stereocenters. The topological polar surface area (TPSA) is 92.8 Å². The van der Waals surface area contributed by atoms with Crippen LogP contribution in [0.15, 0.2) is 79.1 Å². The van der Waals surface area contributed by atoms with E-state index in [1.807, 2.05) is 24.3 Å². The smallest absolute Gasteiger partial charge is 0.368 e. The number of pyridine rings is 1. The van der Waals surface area contributed by atoms with Gasteiger partial charge in [-0.25, -0.2) is 4.68 Å². The van der Waals surface area contributed by atoms with Crippen LogP contribution in [-0.4, -0.2) is 27.3 Å². The number of nitriles is 1.